The average Bonchev–Trinajstić information content (AvgIpc) is 3.67. The number of piperazine rings is 1. The van der Waals surface area contributed by atoms with Gasteiger partial charge in [-0.3, -0.25) is 43.8 Å². The predicted molar refractivity (Wildman–Crippen MR) is 217 cm³/mol. The summed E-state index contributed by atoms with van der Waals surface area (Å²) in [5, 5.41) is 31.5. The molecule has 6 rings (SSSR count). The summed E-state index contributed by atoms with van der Waals surface area (Å²) in [6.07, 6.45) is 0. The summed E-state index contributed by atoms with van der Waals surface area (Å²) in [6.45, 7) is 8.53. The van der Waals surface area contributed by atoms with Crippen LogP contribution >= 0.6 is 23.5 Å². The Labute approximate surface area is 353 Å². The van der Waals surface area contributed by atoms with Crippen molar-refractivity contribution in [2.75, 3.05) is 19.6 Å². The van der Waals surface area contributed by atoms with Crippen LogP contribution in [0.25, 0.3) is 0 Å². The van der Waals surface area contributed by atoms with Crippen LogP contribution in [0, 0.1) is 0 Å². The van der Waals surface area contributed by atoms with E-state index in [4.69, 9.17) is 0 Å². The van der Waals surface area contributed by atoms with Crippen LogP contribution in [0.5, 0.6) is 0 Å². The number of benzene rings is 2. The molecule has 19 nitrogen and oxygen atoms in total. The van der Waals surface area contributed by atoms with E-state index in [2.05, 4.69) is 26.6 Å². The summed E-state index contributed by atoms with van der Waals surface area (Å²) in [7, 11) is 0. The van der Waals surface area contributed by atoms with Crippen molar-refractivity contribution in [3.8, 4) is 0 Å². The van der Waals surface area contributed by atoms with Crippen molar-refractivity contribution in [3.05, 3.63) is 71.8 Å². The van der Waals surface area contributed by atoms with Crippen LogP contribution in [0.4, 0.5) is 4.79 Å². The average molecular weight is 867 g/mol. The quantitative estimate of drug-likeness (QED) is 0.103. The fourth-order valence-corrected chi connectivity index (χ4v) is 10.8. The number of aliphatic carboxylic acids is 2. The molecule has 7 N–H and O–H groups in total. The molecule has 8 atom stereocenters. The Balaban J connectivity index is 1.29. The molecule has 0 aromatic heterocycles. The van der Waals surface area contributed by atoms with E-state index >= 15 is 0 Å². The molecule has 4 aliphatic heterocycles. The standard InChI is InChI=1S/C39H46N8O11S2/c1-6-45-17-18-46(33(53)32(45)52)37(58)43-22(20-15-11-8-12-16-20)28(49)41-23(30-44-25(35(54)55)38(2,3)59-30)29(50)40-21(19-13-9-7-10-14-19)27(48)42-24-31(51)47-26(36(56)57)39(4,5)60-34(24)47/h7-16,21-26,30,34,44H,6,17-18H2,1-5H3,(H,40,50)(H,41,49)(H,42,48)(H,43,58)(H,54,55)(H,56,57)/t21-,22-,23?,24-,25+,26+,30?,34-/m1/s1. The highest BCUT2D eigenvalue weighted by Gasteiger charge is 2.64. The molecule has 4 saturated heterocycles. The lowest BCUT2D eigenvalue weighted by Crippen LogP contribution is -2.71. The second-order valence-corrected chi connectivity index (χ2v) is 19.2. The van der Waals surface area contributed by atoms with Gasteiger partial charge in [0.2, 0.25) is 23.6 Å². The number of hydrogen-bond acceptors (Lipinski definition) is 12. The number of likely N-dealkylation sites (N-methyl/N-ethyl adjacent to an activating group) is 1. The van der Waals surface area contributed by atoms with Gasteiger partial charge >= 0.3 is 29.8 Å². The lowest BCUT2D eigenvalue weighted by molar-refractivity contribution is -0.161. The third-order valence-corrected chi connectivity index (χ3v) is 13.9. The Morgan fingerprint density at radius 2 is 1.33 bits per heavy atom. The van der Waals surface area contributed by atoms with Crippen molar-refractivity contribution in [3.63, 3.8) is 0 Å². The second kappa shape index (κ2) is 17.1. The molecule has 2 aromatic rings. The molecule has 60 heavy (non-hydrogen) atoms. The molecule has 4 heterocycles. The second-order valence-electron chi connectivity index (χ2n) is 15.6. The number of amides is 8. The van der Waals surface area contributed by atoms with Gasteiger partial charge in [-0.25, -0.2) is 9.59 Å². The molecule has 0 saturated carbocycles. The van der Waals surface area contributed by atoms with Gasteiger partial charge in [-0.15, -0.1) is 23.5 Å². The van der Waals surface area contributed by atoms with Crippen molar-refractivity contribution >= 4 is 76.9 Å². The van der Waals surface area contributed by atoms with Crippen molar-refractivity contribution in [2.24, 2.45) is 0 Å². The van der Waals surface area contributed by atoms with Crippen LogP contribution in [0.3, 0.4) is 0 Å². The van der Waals surface area contributed by atoms with E-state index in [0.717, 1.165) is 11.8 Å². The summed E-state index contributed by atoms with van der Waals surface area (Å²) in [5.41, 5.74) is 0.524. The number of nitrogens with zero attached hydrogens (tertiary/aromatic N) is 3. The van der Waals surface area contributed by atoms with E-state index < -0.39 is 110 Å². The Hall–Kier alpha value is -5.67. The van der Waals surface area contributed by atoms with E-state index in [9.17, 15) is 53.4 Å². The Morgan fingerprint density at radius 1 is 0.750 bits per heavy atom. The number of carbonyl (C=O) groups is 9. The Bertz CT molecular complexity index is 2090. The van der Waals surface area contributed by atoms with Gasteiger partial charge in [0, 0.05) is 29.1 Å². The highest BCUT2D eigenvalue weighted by molar-refractivity contribution is 8.02. The summed E-state index contributed by atoms with van der Waals surface area (Å²) < 4.78 is -1.89. The summed E-state index contributed by atoms with van der Waals surface area (Å²) in [4.78, 5) is 123. The molecule has 2 unspecified atom stereocenters. The van der Waals surface area contributed by atoms with E-state index in [0.29, 0.717) is 4.90 Å². The normalized spacial score (nSPS) is 25.6. The number of thioether (sulfide) groups is 2. The molecule has 0 radical (unpaired) electrons. The summed E-state index contributed by atoms with van der Waals surface area (Å²) in [5.74, 6) is -7.71. The zero-order valence-corrected chi connectivity index (χ0v) is 34.9. The minimum absolute atomic E-state index is 0.0771. The zero-order chi connectivity index (χ0) is 43.8. The number of carboxylic acids is 2. The molecule has 320 valence electrons. The van der Waals surface area contributed by atoms with Crippen LogP contribution in [0.1, 0.15) is 57.8 Å². The van der Waals surface area contributed by atoms with Crippen molar-refractivity contribution in [1.29, 1.82) is 0 Å². The van der Waals surface area contributed by atoms with E-state index in [-0.39, 0.29) is 30.8 Å². The van der Waals surface area contributed by atoms with Gasteiger partial charge in [0.1, 0.15) is 41.6 Å². The molecule has 4 aliphatic rings. The number of carboxylic acid groups (broad SMARTS) is 2. The molecule has 2 aromatic carbocycles. The molecule has 0 aliphatic carbocycles. The van der Waals surface area contributed by atoms with Crippen molar-refractivity contribution < 1.29 is 53.4 Å². The lowest BCUT2D eigenvalue weighted by atomic mass is 9.95. The fraction of sp³-hybridized carbons (Fsp3) is 0.462. The van der Waals surface area contributed by atoms with Crippen LogP contribution in [0.15, 0.2) is 60.7 Å². The number of β-lactam (4-membered cyclic amide) rings is 1. The smallest absolute Gasteiger partial charge is 0.327 e. The van der Waals surface area contributed by atoms with E-state index in [1.54, 1.807) is 83.1 Å². The first kappa shape index (κ1) is 43.9. The maximum Gasteiger partial charge on any atom is 0.327 e. The molecule has 4 fully saturated rings. The first-order valence-electron chi connectivity index (χ1n) is 19.1. The highest BCUT2D eigenvalue weighted by atomic mass is 32.2. The van der Waals surface area contributed by atoms with Gasteiger partial charge in [-0.1, -0.05) is 60.7 Å². The number of nitrogens with one attached hydrogen (secondary N) is 5. The van der Waals surface area contributed by atoms with E-state index in [1.165, 1.54) is 33.7 Å². The predicted octanol–water partition coefficient (Wildman–Crippen LogP) is -0.00370. The van der Waals surface area contributed by atoms with Gasteiger partial charge < -0.3 is 41.3 Å². The largest absolute Gasteiger partial charge is 0.480 e. The summed E-state index contributed by atoms with van der Waals surface area (Å²) >= 11 is 2.27. The number of carbonyl (C=O) groups excluding carboxylic acids is 7. The van der Waals surface area contributed by atoms with Crippen LogP contribution in [-0.4, -0.2) is 142 Å². The molecular formula is C39H46N8O11S2. The highest BCUT2D eigenvalue weighted by Crippen LogP contribution is 2.51. The third-order valence-electron chi connectivity index (χ3n) is 10.8. The first-order chi connectivity index (χ1) is 28.3. The maximum absolute atomic E-state index is 14.6. The third kappa shape index (κ3) is 8.50. The van der Waals surface area contributed by atoms with Crippen LogP contribution in [-0.2, 0) is 38.4 Å². The van der Waals surface area contributed by atoms with Crippen molar-refractivity contribution in [2.45, 2.75) is 91.1 Å². The number of rotatable bonds is 13. The minimum Gasteiger partial charge on any atom is -0.480 e. The summed E-state index contributed by atoms with van der Waals surface area (Å²) in [6, 6.07) is 6.81. The van der Waals surface area contributed by atoms with Gasteiger partial charge in [-0.05, 0) is 45.7 Å². The number of urea groups is 1. The van der Waals surface area contributed by atoms with Gasteiger partial charge in [0.25, 0.3) is 0 Å². The Morgan fingerprint density at radius 3 is 1.87 bits per heavy atom. The van der Waals surface area contributed by atoms with Crippen LogP contribution < -0.4 is 26.6 Å². The monoisotopic (exact) mass is 866 g/mol. The van der Waals surface area contributed by atoms with Gasteiger partial charge in [0.05, 0.1) is 5.37 Å². The first-order valence-corrected chi connectivity index (χ1v) is 20.8. The number of hydrogen-bond donors (Lipinski definition) is 7. The van der Waals surface area contributed by atoms with Gasteiger partial charge in [-0.2, -0.15) is 0 Å². The molecule has 0 bridgehead atoms. The Kier molecular flexibility index (Phi) is 12.5. The van der Waals surface area contributed by atoms with E-state index in [1.807, 2.05) is 0 Å². The topological polar surface area (TPSA) is 264 Å². The molecular weight excluding hydrogens is 821 g/mol. The minimum atomic E-state index is -1.62. The lowest BCUT2D eigenvalue weighted by Gasteiger charge is -2.44. The molecule has 8 amide bonds. The maximum atomic E-state index is 14.6. The number of fused-ring (bicyclic) bond motifs is 1. The fourth-order valence-electron chi connectivity index (χ4n) is 7.72. The number of imide groups is 1. The zero-order valence-electron chi connectivity index (χ0n) is 33.2. The van der Waals surface area contributed by atoms with Crippen molar-refractivity contribution in [1.82, 2.24) is 41.3 Å². The molecule has 0 spiro atoms. The SMILES string of the molecule is CCN1CCN(C(=O)N[C@@H](C(=O)NC(C(=O)N[C@@H](C(=O)N[C@@H]2C(=O)N3[C@@H]2SC(C)(C)[C@@H]3C(=O)O)c2ccccc2)C2N[C@@H](C(=O)O)C(C)(C)S2)c2ccccc2)C(=O)C1=O. The van der Waals surface area contributed by atoms with Gasteiger partial charge in [0.15, 0.2) is 0 Å². The molecule has 21 heteroatoms. The van der Waals surface area contributed by atoms with Crippen LogP contribution in [0.2, 0.25) is 0 Å².